The summed E-state index contributed by atoms with van der Waals surface area (Å²) in [6, 6.07) is 1.67. The maximum absolute atomic E-state index is 6.12. The number of nitrogens with zero attached hydrogens (tertiary/aromatic N) is 1. The molecule has 14 heavy (non-hydrogen) atoms. The van der Waals surface area contributed by atoms with Gasteiger partial charge in [0.05, 0.1) is 0 Å². The lowest BCUT2D eigenvalue weighted by Crippen LogP contribution is -2.55. The van der Waals surface area contributed by atoms with E-state index in [2.05, 4.69) is 32.6 Å². The molecule has 1 heterocycles. The van der Waals surface area contributed by atoms with Gasteiger partial charge in [-0.3, -0.25) is 4.90 Å². The molecule has 0 saturated carbocycles. The van der Waals surface area contributed by atoms with Crippen LogP contribution in [-0.2, 0) is 0 Å². The second-order valence-corrected chi connectivity index (χ2v) is 5.00. The average molecular weight is 198 g/mol. The summed E-state index contributed by atoms with van der Waals surface area (Å²) in [7, 11) is 0. The largest absolute Gasteiger partial charge is 0.326 e. The van der Waals surface area contributed by atoms with E-state index in [1.54, 1.807) is 0 Å². The predicted octanol–water partition coefficient (Wildman–Crippen LogP) is 2.23. The fourth-order valence-corrected chi connectivity index (χ4v) is 2.76. The minimum atomic E-state index is 0.386. The van der Waals surface area contributed by atoms with Crippen molar-refractivity contribution in [2.75, 3.05) is 6.54 Å². The van der Waals surface area contributed by atoms with Gasteiger partial charge < -0.3 is 5.73 Å². The van der Waals surface area contributed by atoms with Crippen LogP contribution in [0, 0.1) is 5.92 Å². The van der Waals surface area contributed by atoms with Crippen LogP contribution in [0.15, 0.2) is 0 Å². The standard InChI is InChI=1S/C12H26N2/c1-5-12(9(2)3)14-8-6-7-11(13)10(14)4/h9-12H,5-8,13H2,1-4H3/t10-,11-,12?/m1/s1. The SMILES string of the molecule is CCC(C(C)C)N1CCC[C@@H](N)[C@H]1C. The smallest absolute Gasteiger partial charge is 0.0221 e. The van der Waals surface area contributed by atoms with Gasteiger partial charge in [0.25, 0.3) is 0 Å². The van der Waals surface area contributed by atoms with Crippen molar-refractivity contribution in [1.29, 1.82) is 0 Å². The van der Waals surface area contributed by atoms with Gasteiger partial charge in [-0.25, -0.2) is 0 Å². The molecule has 1 unspecified atom stereocenters. The van der Waals surface area contributed by atoms with E-state index >= 15 is 0 Å². The summed E-state index contributed by atoms with van der Waals surface area (Å²) in [6.07, 6.45) is 3.72. The molecule has 0 spiro atoms. The van der Waals surface area contributed by atoms with Crippen molar-refractivity contribution in [2.45, 2.75) is 65.1 Å². The van der Waals surface area contributed by atoms with Crippen LogP contribution >= 0.6 is 0 Å². The summed E-state index contributed by atoms with van der Waals surface area (Å²) in [5.41, 5.74) is 6.12. The predicted molar refractivity (Wildman–Crippen MR) is 62.3 cm³/mol. The Balaban J connectivity index is 2.63. The Bertz CT molecular complexity index is 168. The second-order valence-electron chi connectivity index (χ2n) is 5.00. The number of nitrogens with two attached hydrogens (primary N) is 1. The molecule has 2 heteroatoms. The van der Waals surface area contributed by atoms with Crippen molar-refractivity contribution in [1.82, 2.24) is 4.90 Å². The van der Waals surface area contributed by atoms with Gasteiger partial charge in [0.1, 0.15) is 0 Å². The molecule has 1 aliphatic rings. The zero-order chi connectivity index (χ0) is 10.7. The van der Waals surface area contributed by atoms with E-state index in [-0.39, 0.29) is 0 Å². The Morgan fingerprint density at radius 2 is 2.07 bits per heavy atom. The number of hydrogen-bond donors (Lipinski definition) is 1. The number of hydrogen-bond acceptors (Lipinski definition) is 2. The van der Waals surface area contributed by atoms with E-state index in [9.17, 15) is 0 Å². The lowest BCUT2D eigenvalue weighted by Gasteiger charge is -2.44. The quantitative estimate of drug-likeness (QED) is 0.753. The van der Waals surface area contributed by atoms with Crippen LogP contribution in [0.25, 0.3) is 0 Å². The first-order valence-electron chi connectivity index (χ1n) is 6.09. The van der Waals surface area contributed by atoms with Gasteiger partial charge in [0, 0.05) is 18.1 Å². The Morgan fingerprint density at radius 1 is 1.43 bits per heavy atom. The summed E-state index contributed by atoms with van der Waals surface area (Å²) in [5.74, 6) is 0.743. The van der Waals surface area contributed by atoms with Gasteiger partial charge in [-0.2, -0.15) is 0 Å². The van der Waals surface area contributed by atoms with Crippen LogP contribution in [0.3, 0.4) is 0 Å². The summed E-state index contributed by atoms with van der Waals surface area (Å²) in [4.78, 5) is 2.62. The van der Waals surface area contributed by atoms with Crippen molar-refractivity contribution in [3.63, 3.8) is 0 Å². The molecule has 1 rings (SSSR count). The first kappa shape index (κ1) is 12.0. The molecule has 84 valence electrons. The molecule has 0 aromatic heterocycles. The first-order chi connectivity index (χ1) is 6.57. The second kappa shape index (κ2) is 5.13. The number of rotatable bonds is 3. The third-order valence-electron chi connectivity index (χ3n) is 3.71. The Morgan fingerprint density at radius 3 is 2.57 bits per heavy atom. The normalized spacial score (nSPS) is 32.1. The van der Waals surface area contributed by atoms with Gasteiger partial charge in [-0.05, 0) is 38.6 Å². The van der Waals surface area contributed by atoms with Crippen molar-refractivity contribution in [3.05, 3.63) is 0 Å². The molecule has 0 amide bonds. The lowest BCUT2D eigenvalue weighted by molar-refractivity contribution is 0.0635. The highest BCUT2D eigenvalue weighted by atomic mass is 15.2. The Labute approximate surface area is 88.8 Å². The van der Waals surface area contributed by atoms with Crippen molar-refractivity contribution < 1.29 is 0 Å². The van der Waals surface area contributed by atoms with E-state index in [1.165, 1.54) is 25.8 Å². The highest BCUT2D eigenvalue weighted by molar-refractivity contribution is 4.88. The molecule has 0 aliphatic carbocycles. The highest BCUT2D eigenvalue weighted by Gasteiger charge is 2.30. The monoisotopic (exact) mass is 198 g/mol. The topological polar surface area (TPSA) is 29.3 Å². The van der Waals surface area contributed by atoms with Crippen LogP contribution < -0.4 is 5.73 Å². The summed E-state index contributed by atoms with van der Waals surface area (Å²) < 4.78 is 0. The minimum absolute atomic E-state index is 0.386. The van der Waals surface area contributed by atoms with E-state index in [1.807, 2.05) is 0 Å². The molecule has 0 aromatic rings. The Kier molecular flexibility index (Phi) is 4.39. The summed E-state index contributed by atoms with van der Waals surface area (Å²) >= 11 is 0. The van der Waals surface area contributed by atoms with Gasteiger partial charge in [-0.1, -0.05) is 20.8 Å². The third kappa shape index (κ3) is 2.48. The van der Waals surface area contributed by atoms with Gasteiger partial charge >= 0.3 is 0 Å². The zero-order valence-corrected chi connectivity index (χ0v) is 10.2. The molecule has 1 saturated heterocycles. The number of likely N-dealkylation sites (tertiary alicyclic amines) is 1. The fraction of sp³-hybridized carbons (Fsp3) is 1.00. The van der Waals surface area contributed by atoms with E-state index in [4.69, 9.17) is 5.73 Å². The molecule has 0 radical (unpaired) electrons. The van der Waals surface area contributed by atoms with E-state index in [0.717, 1.165) is 12.0 Å². The average Bonchev–Trinajstić information content (AvgIpc) is 2.13. The van der Waals surface area contributed by atoms with Crippen LogP contribution in [0.5, 0.6) is 0 Å². The molecule has 3 atom stereocenters. The van der Waals surface area contributed by atoms with Crippen molar-refractivity contribution in [3.8, 4) is 0 Å². The van der Waals surface area contributed by atoms with Gasteiger partial charge in [0.2, 0.25) is 0 Å². The number of piperidine rings is 1. The van der Waals surface area contributed by atoms with Crippen LogP contribution in [-0.4, -0.2) is 29.6 Å². The zero-order valence-electron chi connectivity index (χ0n) is 10.2. The molecule has 2 nitrogen and oxygen atoms in total. The highest BCUT2D eigenvalue weighted by Crippen LogP contribution is 2.23. The van der Waals surface area contributed by atoms with E-state index < -0.39 is 0 Å². The lowest BCUT2D eigenvalue weighted by atomic mass is 9.91. The van der Waals surface area contributed by atoms with Crippen LogP contribution in [0.1, 0.15) is 47.0 Å². The molecular weight excluding hydrogens is 172 g/mol. The van der Waals surface area contributed by atoms with Crippen LogP contribution in [0.2, 0.25) is 0 Å². The van der Waals surface area contributed by atoms with Gasteiger partial charge in [0.15, 0.2) is 0 Å². The minimum Gasteiger partial charge on any atom is -0.326 e. The first-order valence-corrected chi connectivity index (χ1v) is 6.09. The van der Waals surface area contributed by atoms with E-state index in [0.29, 0.717) is 12.1 Å². The fourth-order valence-electron chi connectivity index (χ4n) is 2.76. The summed E-state index contributed by atoms with van der Waals surface area (Å²) in [6.45, 7) is 10.5. The molecule has 0 aromatic carbocycles. The molecular formula is C12H26N2. The van der Waals surface area contributed by atoms with Crippen molar-refractivity contribution >= 4 is 0 Å². The molecule has 1 aliphatic heterocycles. The third-order valence-corrected chi connectivity index (χ3v) is 3.71. The van der Waals surface area contributed by atoms with Crippen LogP contribution in [0.4, 0.5) is 0 Å². The maximum Gasteiger partial charge on any atom is 0.0221 e. The molecule has 2 N–H and O–H groups in total. The molecule has 0 bridgehead atoms. The summed E-state index contributed by atoms with van der Waals surface area (Å²) in [5, 5.41) is 0. The maximum atomic E-state index is 6.12. The van der Waals surface area contributed by atoms with Gasteiger partial charge in [-0.15, -0.1) is 0 Å². The Hall–Kier alpha value is -0.0800. The molecule has 1 fully saturated rings. The van der Waals surface area contributed by atoms with Crippen molar-refractivity contribution in [2.24, 2.45) is 11.7 Å².